The van der Waals surface area contributed by atoms with Crippen LogP contribution in [-0.4, -0.2) is 88.0 Å². The number of hydrogen-bond donors (Lipinski definition) is 6. The molecule has 0 bridgehead atoms. The molecule has 266 valence electrons. The SMILES string of the molecule is O=P(O)(O)O.OCCCCCCCCCC1CO1.OCCCCCCCCCC1CO1.OCCCCCCCCCC1CO1. The zero-order valence-corrected chi connectivity index (χ0v) is 28.6. The van der Waals surface area contributed by atoms with Crippen molar-refractivity contribution in [1.82, 2.24) is 0 Å². The minimum Gasteiger partial charge on any atom is -0.396 e. The molecule has 11 heteroatoms. The molecule has 0 aromatic rings. The van der Waals surface area contributed by atoms with E-state index in [2.05, 4.69) is 0 Å². The lowest BCUT2D eigenvalue weighted by Crippen LogP contribution is -1.86. The van der Waals surface area contributed by atoms with Crippen molar-refractivity contribution < 1.29 is 48.8 Å². The first-order valence-electron chi connectivity index (χ1n) is 17.8. The summed E-state index contributed by atoms with van der Waals surface area (Å²) >= 11 is 0. The van der Waals surface area contributed by atoms with Crippen molar-refractivity contribution in [3.63, 3.8) is 0 Å². The van der Waals surface area contributed by atoms with E-state index >= 15 is 0 Å². The second-order valence-electron chi connectivity index (χ2n) is 12.3. The number of aliphatic hydroxyl groups is 3. The van der Waals surface area contributed by atoms with Gasteiger partial charge >= 0.3 is 7.82 Å². The van der Waals surface area contributed by atoms with Crippen molar-refractivity contribution in [2.45, 2.75) is 172 Å². The number of aliphatic hydroxyl groups excluding tert-OH is 3. The molecule has 10 nitrogen and oxygen atoms in total. The third-order valence-electron chi connectivity index (χ3n) is 7.76. The van der Waals surface area contributed by atoms with Crippen molar-refractivity contribution in [2.24, 2.45) is 0 Å². The molecule has 0 aliphatic carbocycles. The van der Waals surface area contributed by atoms with E-state index < -0.39 is 7.82 Å². The van der Waals surface area contributed by atoms with Crippen molar-refractivity contribution >= 4 is 7.82 Å². The van der Waals surface area contributed by atoms with Crippen LogP contribution in [0.5, 0.6) is 0 Å². The van der Waals surface area contributed by atoms with E-state index in [4.69, 9.17) is 48.8 Å². The van der Waals surface area contributed by atoms with E-state index in [9.17, 15) is 0 Å². The van der Waals surface area contributed by atoms with E-state index in [0.29, 0.717) is 38.1 Å². The van der Waals surface area contributed by atoms with Gasteiger partial charge in [-0.25, -0.2) is 4.57 Å². The second-order valence-corrected chi connectivity index (χ2v) is 13.4. The molecule has 3 atom stereocenters. The van der Waals surface area contributed by atoms with Gasteiger partial charge in [0.05, 0.1) is 38.1 Å². The summed E-state index contributed by atoms with van der Waals surface area (Å²) in [5, 5.41) is 25.7. The van der Waals surface area contributed by atoms with Crippen molar-refractivity contribution in [3.8, 4) is 0 Å². The van der Waals surface area contributed by atoms with E-state index in [1.54, 1.807) is 0 Å². The normalized spacial score (nSPS) is 19.5. The van der Waals surface area contributed by atoms with Gasteiger partial charge in [0.2, 0.25) is 0 Å². The second kappa shape index (κ2) is 32.8. The topological polar surface area (TPSA) is 176 Å². The van der Waals surface area contributed by atoms with Crippen molar-refractivity contribution in [2.75, 3.05) is 39.6 Å². The summed E-state index contributed by atoms with van der Waals surface area (Å²) in [4.78, 5) is 21.6. The average Bonchev–Trinajstić information content (AvgIpc) is 3.82. The van der Waals surface area contributed by atoms with Gasteiger partial charge in [-0.3, -0.25) is 0 Å². The first kappa shape index (κ1) is 43.9. The van der Waals surface area contributed by atoms with Crippen LogP contribution in [0.4, 0.5) is 0 Å². The monoisotopic (exact) mass is 656 g/mol. The van der Waals surface area contributed by atoms with Gasteiger partial charge in [-0.1, -0.05) is 116 Å². The summed E-state index contributed by atoms with van der Waals surface area (Å²) in [6, 6.07) is 0. The molecule has 3 unspecified atom stereocenters. The fourth-order valence-electron chi connectivity index (χ4n) is 4.81. The molecule has 3 aliphatic rings. The van der Waals surface area contributed by atoms with Gasteiger partial charge in [-0.15, -0.1) is 0 Å². The maximum Gasteiger partial charge on any atom is 0.466 e. The Kier molecular flexibility index (Phi) is 32.7. The highest BCUT2D eigenvalue weighted by Gasteiger charge is 2.22. The lowest BCUT2D eigenvalue weighted by atomic mass is 10.1. The summed E-state index contributed by atoms with van der Waals surface area (Å²) in [6.07, 6.45) is 32.3. The summed E-state index contributed by atoms with van der Waals surface area (Å²) in [6.45, 7) is 4.11. The molecule has 3 rings (SSSR count). The van der Waals surface area contributed by atoms with E-state index in [1.807, 2.05) is 0 Å². The number of unbranched alkanes of at least 4 members (excludes halogenated alkanes) is 18. The smallest absolute Gasteiger partial charge is 0.396 e. The van der Waals surface area contributed by atoms with Gasteiger partial charge in [0.15, 0.2) is 0 Å². The van der Waals surface area contributed by atoms with Gasteiger partial charge in [-0.05, 0) is 38.5 Å². The minimum absolute atomic E-state index is 0.360. The van der Waals surface area contributed by atoms with Crippen LogP contribution in [-0.2, 0) is 18.8 Å². The first-order chi connectivity index (χ1) is 21.3. The molecule has 44 heavy (non-hydrogen) atoms. The van der Waals surface area contributed by atoms with Crippen LogP contribution in [0.25, 0.3) is 0 Å². The van der Waals surface area contributed by atoms with Crippen LogP contribution in [0.1, 0.15) is 154 Å². The van der Waals surface area contributed by atoms with Crippen LogP contribution >= 0.6 is 7.82 Å². The number of hydrogen-bond acceptors (Lipinski definition) is 7. The zero-order chi connectivity index (χ0) is 32.6. The largest absolute Gasteiger partial charge is 0.466 e. The van der Waals surface area contributed by atoms with Gasteiger partial charge in [0.25, 0.3) is 0 Å². The molecule has 3 fully saturated rings. The molecule has 3 heterocycles. The molecule has 0 aromatic carbocycles. The third-order valence-corrected chi connectivity index (χ3v) is 7.76. The molecule has 3 aliphatic heterocycles. The minimum atomic E-state index is -4.64. The summed E-state index contributed by atoms with van der Waals surface area (Å²) in [7, 11) is -4.64. The number of epoxide rings is 3. The molecule has 0 saturated carbocycles. The summed E-state index contributed by atoms with van der Waals surface area (Å²) in [5.74, 6) is 0. The Balaban J connectivity index is 0.000000585. The van der Waals surface area contributed by atoms with Crippen LogP contribution in [0.15, 0.2) is 0 Å². The Morgan fingerprint density at radius 2 is 0.545 bits per heavy atom. The standard InChI is InChI=1S/3C11H22O2.H3O4P/c3*12-9-7-5-3-1-2-4-6-8-11-10-13-11;1-5(2,3)4/h3*11-12H,1-10H2;(H3,1,2,3,4). The van der Waals surface area contributed by atoms with Gasteiger partial charge in [0, 0.05) is 19.8 Å². The Morgan fingerprint density at radius 1 is 0.386 bits per heavy atom. The Labute approximate surface area is 268 Å². The number of rotatable bonds is 27. The number of ether oxygens (including phenoxy) is 3. The molecule has 3 saturated heterocycles. The van der Waals surface area contributed by atoms with E-state index in [0.717, 1.165) is 39.1 Å². The maximum atomic E-state index is 8.88. The fourth-order valence-corrected chi connectivity index (χ4v) is 4.81. The van der Waals surface area contributed by atoms with Gasteiger partial charge < -0.3 is 44.2 Å². The van der Waals surface area contributed by atoms with Crippen LogP contribution in [0.3, 0.4) is 0 Å². The predicted octanol–water partition coefficient (Wildman–Crippen LogP) is 6.57. The summed E-state index contributed by atoms with van der Waals surface area (Å²) in [5.41, 5.74) is 0. The quantitative estimate of drug-likeness (QED) is 0.0322. The molecule has 0 radical (unpaired) electrons. The molecular formula is C33H69O10P. The highest BCUT2D eigenvalue weighted by molar-refractivity contribution is 7.45. The fraction of sp³-hybridized carbons (Fsp3) is 1.00. The lowest BCUT2D eigenvalue weighted by molar-refractivity contribution is 0.275. The van der Waals surface area contributed by atoms with Crippen LogP contribution in [0, 0.1) is 0 Å². The predicted molar refractivity (Wildman–Crippen MR) is 176 cm³/mol. The first-order valence-corrected chi connectivity index (χ1v) is 19.3. The lowest BCUT2D eigenvalue weighted by Gasteiger charge is -1.99. The Hall–Kier alpha value is -0.130. The highest BCUT2D eigenvalue weighted by Crippen LogP contribution is 2.26. The van der Waals surface area contributed by atoms with E-state index in [1.165, 1.54) is 135 Å². The molecule has 6 N–H and O–H groups in total. The van der Waals surface area contributed by atoms with Crippen molar-refractivity contribution in [1.29, 1.82) is 0 Å². The molecular weight excluding hydrogens is 587 g/mol. The zero-order valence-electron chi connectivity index (χ0n) is 27.7. The number of phosphoric acid groups is 1. The van der Waals surface area contributed by atoms with Gasteiger partial charge in [0.1, 0.15) is 0 Å². The summed E-state index contributed by atoms with van der Waals surface area (Å²) < 4.78 is 24.3. The molecule has 0 spiro atoms. The highest BCUT2D eigenvalue weighted by atomic mass is 31.2. The average molecular weight is 657 g/mol. The Morgan fingerprint density at radius 3 is 0.705 bits per heavy atom. The van der Waals surface area contributed by atoms with Crippen LogP contribution < -0.4 is 0 Å². The Bertz CT molecular complexity index is 535. The van der Waals surface area contributed by atoms with Gasteiger partial charge in [-0.2, -0.15) is 0 Å². The van der Waals surface area contributed by atoms with Crippen molar-refractivity contribution in [3.05, 3.63) is 0 Å². The van der Waals surface area contributed by atoms with Crippen LogP contribution in [0.2, 0.25) is 0 Å². The third kappa shape index (κ3) is 46.3. The van der Waals surface area contributed by atoms with E-state index in [-0.39, 0.29) is 0 Å². The molecule has 0 amide bonds. The maximum absolute atomic E-state index is 8.88. The molecule has 0 aromatic heterocycles.